The molecule has 1 saturated heterocycles. The van der Waals surface area contributed by atoms with E-state index < -0.39 is 62.4 Å². The Morgan fingerprint density at radius 3 is 2.47 bits per heavy atom. The van der Waals surface area contributed by atoms with Gasteiger partial charge >= 0.3 is 6.09 Å². The Labute approximate surface area is 302 Å². The number of carbonyl (C=O) groups is 3. The van der Waals surface area contributed by atoms with Gasteiger partial charge in [-0.15, -0.1) is 17.9 Å². The van der Waals surface area contributed by atoms with Crippen molar-refractivity contribution in [3.63, 3.8) is 0 Å². The van der Waals surface area contributed by atoms with Gasteiger partial charge in [0.25, 0.3) is 5.91 Å². The standard InChI is InChI=1S/C36H45N5O8S2/c1-9-21-16-36(21,33(43)40-51(45,46)23-10-11-23)39-31(42)27-14-22(17-41(27)34(44)49-35(5,6)7)48-29-15-25(32-38-26(18-50-32)19(2)3)37-30-20(4)28(47-8)13-12-24(29)30/h9,12-13,15,18-19,21-23,27H,1,10-11,14,16-17H2,2-8H3,(H,39,42)(H,40,43)/t21-,22-,27+,36-/m1/s1. The lowest BCUT2D eigenvalue weighted by atomic mass is 10.1. The van der Waals surface area contributed by atoms with Crippen LogP contribution >= 0.6 is 11.3 Å². The molecule has 3 amide bonds. The molecule has 3 aliphatic rings. The number of carbonyl (C=O) groups excluding carboxylic acids is 3. The van der Waals surface area contributed by atoms with E-state index in [0.29, 0.717) is 40.9 Å². The van der Waals surface area contributed by atoms with Gasteiger partial charge < -0.3 is 19.5 Å². The van der Waals surface area contributed by atoms with Crippen molar-refractivity contribution in [1.82, 2.24) is 24.9 Å². The number of likely N-dealkylation sites (tertiary alicyclic amines) is 1. The molecule has 6 rings (SSSR count). The number of fused-ring (bicyclic) bond motifs is 1. The highest BCUT2D eigenvalue weighted by Gasteiger charge is 2.62. The SMILES string of the molecule is C=C[C@@H]1C[C@]1(NC(=O)[C@@H]1C[C@@H](Oc2cc(-c3nc(C(C)C)cs3)nc3c(C)c(OC)ccc23)CN1C(=O)OC(C)(C)C)C(=O)NS(=O)(=O)C1CC1. The first-order chi connectivity index (χ1) is 24.0. The summed E-state index contributed by atoms with van der Waals surface area (Å²) in [5, 5.41) is 5.62. The average Bonchev–Trinajstić information content (AvgIpc) is 3.93. The van der Waals surface area contributed by atoms with Gasteiger partial charge in [-0.1, -0.05) is 19.9 Å². The predicted octanol–water partition coefficient (Wildman–Crippen LogP) is 5.22. The molecular formula is C36H45N5O8S2. The summed E-state index contributed by atoms with van der Waals surface area (Å²) in [5.74, 6) is -0.532. The van der Waals surface area contributed by atoms with Crippen LogP contribution in [-0.2, 0) is 24.3 Å². The van der Waals surface area contributed by atoms with E-state index in [9.17, 15) is 22.8 Å². The van der Waals surface area contributed by atoms with Crippen LogP contribution in [0.2, 0.25) is 0 Å². The largest absolute Gasteiger partial charge is 0.496 e. The molecule has 0 radical (unpaired) electrons. The fourth-order valence-electron chi connectivity index (χ4n) is 6.33. The number of amides is 3. The Kier molecular flexibility index (Phi) is 9.59. The lowest BCUT2D eigenvalue weighted by Crippen LogP contribution is -2.56. The number of thiazole rings is 1. The first-order valence-corrected chi connectivity index (χ1v) is 19.5. The molecule has 0 bridgehead atoms. The fraction of sp³-hybridized carbons (Fsp3) is 0.528. The van der Waals surface area contributed by atoms with Crippen LogP contribution in [-0.4, -0.2) is 83.4 Å². The van der Waals surface area contributed by atoms with E-state index >= 15 is 0 Å². The fourth-order valence-corrected chi connectivity index (χ4v) is 8.63. The normalized spacial score (nSPS) is 23.2. The van der Waals surface area contributed by atoms with Crippen molar-refractivity contribution in [1.29, 1.82) is 0 Å². The second-order valence-electron chi connectivity index (χ2n) is 14.8. The van der Waals surface area contributed by atoms with Crippen LogP contribution < -0.4 is 19.5 Å². The topological polar surface area (TPSA) is 166 Å². The van der Waals surface area contributed by atoms with E-state index in [2.05, 4.69) is 30.5 Å². The molecule has 51 heavy (non-hydrogen) atoms. The summed E-state index contributed by atoms with van der Waals surface area (Å²) in [4.78, 5) is 52.1. The third-order valence-corrected chi connectivity index (χ3v) is 12.1. The molecule has 2 aromatic heterocycles. The molecule has 0 unspecified atom stereocenters. The summed E-state index contributed by atoms with van der Waals surface area (Å²) in [6, 6.07) is 4.44. The smallest absolute Gasteiger partial charge is 0.411 e. The molecule has 0 spiro atoms. The van der Waals surface area contributed by atoms with Crippen LogP contribution in [0, 0.1) is 12.8 Å². The molecule has 274 valence electrons. The van der Waals surface area contributed by atoms with E-state index in [-0.39, 0.29) is 25.3 Å². The van der Waals surface area contributed by atoms with E-state index in [4.69, 9.17) is 24.2 Å². The Bertz CT molecular complexity index is 2000. The summed E-state index contributed by atoms with van der Waals surface area (Å²) >= 11 is 1.48. The first-order valence-electron chi connectivity index (χ1n) is 17.1. The highest BCUT2D eigenvalue weighted by atomic mass is 32.2. The Balaban J connectivity index is 1.31. The van der Waals surface area contributed by atoms with E-state index in [1.54, 1.807) is 27.9 Å². The zero-order chi connectivity index (χ0) is 37.0. The minimum atomic E-state index is -3.86. The van der Waals surface area contributed by atoms with Crippen molar-refractivity contribution < 1.29 is 37.0 Å². The van der Waals surface area contributed by atoms with Crippen LogP contribution in [0.1, 0.15) is 77.5 Å². The number of aromatic nitrogens is 2. The molecule has 4 atom stereocenters. The molecule has 1 aliphatic heterocycles. The summed E-state index contributed by atoms with van der Waals surface area (Å²) in [6.45, 7) is 15.0. The predicted molar refractivity (Wildman–Crippen MR) is 193 cm³/mol. The summed E-state index contributed by atoms with van der Waals surface area (Å²) in [5.41, 5.74) is 0.683. The molecule has 2 N–H and O–H groups in total. The van der Waals surface area contributed by atoms with Crippen molar-refractivity contribution >= 4 is 50.2 Å². The second kappa shape index (κ2) is 13.4. The number of aryl methyl sites for hydroxylation is 1. The number of nitrogens with zero attached hydrogens (tertiary/aromatic N) is 3. The minimum Gasteiger partial charge on any atom is -0.496 e. The lowest BCUT2D eigenvalue weighted by molar-refractivity contribution is -0.131. The molecule has 3 aromatic rings. The Morgan fingerprint density at radius 1 is 1.16 bits per heavy atom. The van der Waals surface area contributed by atoms with Gasteiger partial charge in [-0.05, 0) is 65.0 Å². The number of pyridine rings is 1. The molecule has 15 heteroatoms. The molecule has 13 nitrogen and oxygen atoms in total. The van der Waals surface area contributed by atoms with Crippen LogP contribution in [0.15, 0.2) is 36.2 Å². The second-order valence-corrected chi connectivity index (χ2v) is 17.7. The number of sulfonamides is 1. The van der Waals surface area contributed by atoms with E-state index in [1.807, 2.05) is 30.5 Å². The monoisotopic (exact) mass is 739 g/mol. The van der Waals surface area contributed by atoms with Crippen molar-refractivity contribution in [3.05, 3.63) is 47.5 Å². The van der Waals surface area contributed by atoms with Gasteiger partial charge in [0.05, 0.1) is 30.1 Å². The first kappa shape index (κ1) is 36.5. The maximum Gasteiger partial charge on any atom is 0.411 e. The highest BCUT2D eigenvalue weighted by Crippen LogP contribution is 2.46. The highest BCUT2D eigenvalue weighted by molar-refractivity contribution is 7.91. The van der Waals surface area contributed by atoms with Gasteiger partial charge in [0, 0.05) is 34.7 Å². The van der Waals surface area contributed by atoms with E-state index in [1.165, 1.54) is 22.3 Å². The number of methoxy groups -OCH3 is 1. The summed E-state index contributed by atoms with van der Waals surface area (Å²) in [6.07, 6.45) is 1.35. The molecule has 1 aromatic carbocycles. The maximum atomic E-state index is 14.1. The lowest BCUT2D eigenvalue weighted by Gasteiger charge is -2.29. The van der Waals surface area contributed by atoms with Gasteiger partial charge in [-0.25, -0.2) is 23.2 Å². The quantitative estimate of drug-likeness (QED) is 0.249. The Morgan fingerprint density at radius 2 is 1.88 bits per heavy atom. The third kappa shape index (κ3) is 7.41. The van der Waals surface area contributed by atoms with Gasteiger partial charge in [-0.3, -0.25) is 19.2 Å². The van der Waals surface area contributed by atoms with Crippen molar-refractivity contribution in [3.8, 4) is 22.2 Å². The van der Waals surface area contributed by atoms with Gasteiger partial charge in [0.15, 0.2) is 0 Å². The van der Waals surface area contributed by atoms with Crippen LogP contribution in [0.5, 0.6) is 11.5 Å². The zero-order valence-electron chi connectivity index (χ0n) is 29.9. The molecular weight excluding hydrogens is 695 g/mol. The maximum absolute atomic E-state index is 14.1. The number of rotatable bonds is 11. The molecule has 2 saturated carbocycles. The number of ether oxygens (including phenoxy) is 3. The van der Waals surface area contributed by atoms with Gasteiger partial charge in [0.2, 0.25) is 15.9 Å². The van der Waals surface area contributed by atoms with Gasteiger partial charge in [-0.2, -0.15) is 0 Å². The van der Waals surface area contributed by atoms with Crippen LogP contribution in [0.3, 0.4) is 0 Å². The molecule has 3 fully saturated rings. The molecule has 2 aliphatic carbocycles. The number of nitrogens with one attached hydrogen (secondary N) is 2. The number of benzene rings is 1. The Hall–Kier alpha value is -4.24. The van der Waals surface area contributed by atoms with Crippen molar-refractivity contribution in [2.24, 2.45) is 5.92 Å². The third-order valence-electron chi connectivity index (χ3n) is 9.44. The van der Waals surface area contributed by atoms with E-state index in [0.717, 1.165) is 16.3 Å². The van der Waals surface area contributed by atoms with Crippen LogP contribution in [0.4, 0.5) is 4.79 Å². The average molecular weight is 740 g/mol. The number of hydrogen-bond acceptors (Lipinski definition) is 11. The minimum absolute atomic E-state index is 0.0101. The van der Waals surface area contributed by atoms with Gasteiger partial charge in [0.1, 0.15) is 45.5 Å². The van der Waals surface area contributed by atoms with Crippen molar-refractivity contribution in [2.45, 2.75) is 102 Å². The number of hydrogen-bond donors (Lipinski definition) is 2. The summed E-state index contributed by atoms with van der Waals surface area (Å²) < 4.78 is 45.3. The summed E-state index contributed by atoms with van der Waals surface area (Å²) in [7, 11) is -2.27. The van der Waals surface area contributed by atoms with Crippen molar-refractivity contribution in [2.75, 3.05) is 13.7 Å². The van der Waals surface area contributed by atoms with Crippen LogP contribution in [0.25, 0.3) is 21.6 Å². The molecule has 3 heterocycles. The zero-order valence-corrected chi connectivity index (χ0v) is 31.6.